The number of rotatable bonds is 6. The van der Waals surface area contributed by atoms with Crippen molar-refractivity contribution in [2.75, 3.05) is 13.2 Å². The lowest BCUT2D eigenvalue weighted by molar-refractivity contribution is -0.130. The third-order valence-electron chi connectivity index (χ3n) is 1.48. The fourth-order valence-electron chi connectivity index (χ4n) is 0.763. The first-order valence-electron chi connectivity index (χ1n) is 3.58. The molecule has 0 aliphatic heterocycles. The highest BCUT2D eigenvalue weighted by Gasteiger charge is 2.15. The number of hydrogen-bond donors (Lipinski definition) is 1. The van der Waals surface area contributed by atoms with Gasteiger partial charge in [-0.1, -0.05) is 6.92 Å². The van der Waals surface area contributed by atoms with Crippen LogP contribution in [0, 0.1) is 13.0 Å². The summed E-state index contributed by atoms with van der Waals surface area (Å²) in [6.45, 7) is 0.855. The maximum absolute atomic E-state index is 10.8. The predicted octanol–water partition coefficient (Wildman–Crippen LogP) is -0.172. The molecule has 0 fully saturated rings. The summed E-state index contributed by atoms with van der Waals surface area (Å²) < 4.78 is 4.09. The zero-order valence-corrected chi connectivity index (χ0v) is 6.95. The van der Waals surface area contributed by atoms with Gasteiger partial charge in [-0.25, -0.2) is 0 Å². The van der Waals surface area contributed by atoms with E-state index in [0.29, 0.717) is 0 Å². The molecular formula is C8H12O4. The van der Waals surface area contributed by atoms with Crippen LogP contribution in [0.3, 0.4) is 0 Å². The van der Waals surface area contributed by atoms with E-state index < -0.39 is 12.5 Å². The molecule has 0 rings (SSSR count). The predicted molar refractivity (Wildman–Crippen MR) is 41.1 cm³/mol. The molecule has 0 bridgehead atoms. The van der Waals surface area contributed by atoms with E-state index in [-0.39, 0.29) is 24.6 Å². The summed E-state index contributed by atoms with van der Waals surface area (Å²) >= 11 is 0. The monoisotopic (exact) mass is 172 g/mol. The minimum Gasteiger partial charge on any atom is -0.389 e. The van der Waals surface area contributed by atoms with E-state index in [1.807, 2.05) is 0 Å². The molecule has 0 heterocycles. The standard InChI is InChI=1S/C8H12O4/c1-6(8(11)4-9)3-7(10)5-12-2/h2,6,9H,3-5H2,1H3. The number of hydrogen-bond acceptors (Lipinski definition) is 4. The molecule has 4 nitrogen and oxygen atoms in total. The highest BCUT2D eigenvalue weighted by Crippen LogP contribution is 2.03. The van der Waals surface area contributed by atoms with Crippen molar-refractivity contribution in [3.8, 4) is 0 Å². The Bertz CT molecular complexity index is 164. The smallest absolute Gasteiger partial charge is 0.161 e. The zero-order valence-electron chi connectivity index (χ0n) is 6.95. The second-order valence-electron chi connectivity index (χ2n) is 2.58. The topological polar surface area (TPSA) is 63.6 Å². The first-order valence-corrected chi connectivity index (χ1v) is 3.58. The van der Waals surface area contributed by atoms with Crippen molar-refractivity contribution in [1.82, 2.24) is 0 Å². The Hall–Kier alpha value is -0.740. The Morgan fingerprint density at radius 3 is 2.58 bits per heavy atom. The summed E-state index contributed by atoms with van der Waals surface area (Å²) in [6.07, 6.45) is 0.0661. The van der Waals surface area contributed by atoms with Crippen molar-refractivity contribution in [2.24, 2.45) is 5.92 Å². The number of aliphatic hydroxyl groups excluding tert-OH is 1. The van der Waals surface area contributed by atoms with Gasteiger partial charge in [0, 0.05) is 12.3 Å². The van der Waals surface area contributed by atoms with Crippen molar-refractivity contribution in [2.45, 2.75) is 13.3 Å². The van der Waals surface area contributed by atoms with Gasteiger partial charge in [0.05, 0.1) is 0 Å². The largest absolute Gasteiger partial charge is 0.389 e. The molecule has 68 valence electrons. The van der Waals surface area contributed by atoms with Gasteiger partial charge in [-0.2, -0.15) is 0 Å². The van der Waals surface area contributed by atoms with Crippen LogP contribution < -0.4 is 0 Å². The van der Waals surface area contributed by atoms with E-state index in [1.165, 1.54) is 0 Å². The molecule has 1 unspecified atom stereocenters. The molecule has 0 amide bonds. The molecule has 0 aromatic carbocycles. The number of aliphatic hydroxyl groups is 1. The second kappa shape index (κ2) is 5.85. The molecule has 2 radical (unpaired) electrons. The second-order valence-corrected chi connectivity index (χ2v) is 2.58. The minimum atomic E-state index is -0.530. The van der Waals surface area contributed by atoms with Crippen molar-refractivity contribution < 1.29 is 19.4 Å². The van der Waals surface area contributed by atoms with Crippen molar-refractivity contribution in [3.05, 3.63) is 7.11 Å². The molecule has 0 aromatic heterocycles. The molecular weight excluding hydrogens is 160 g/mol. The summed E-state index contributed by atoms with van der Waals surface area (Å²) in [5.74, 6) is -1.05. The van der Waals surface area contributed by atoms with E-state index in [9.17, 15) is 9.59 Å². The first-order chi connectivity index (χ1) is 5.61. The van der Waals surface area contributed by atoms with Crippen molar-refractivity contribution in [1.29, 1.82) is 0 Å². The van der Waals surface area contributed by atoms with Crippen LogP contribution in [0.4, 0.5) is 0 Å². The molecule has 0 spiro atoms. The SMILES string of the molecule is [CH]OCC(=O)CC(C)C(=O)CO. The van der Waals surface area contributed by atoms with Crippen molar-refractivity contribution in [3.63, 3.8) is 0 Å². The van der Waals surface area contributed by atoms with E-state index in [0.717, 1.165) is 0 Å². The van der Waals surface area contributed by atoms with E-state index >= 15 is 0 Å². The molecule has 0 aliphatic rings. The fourth-order valence-corrected chi connectivity index (χ4v) is 0.763. The van der Waals surface area contributed by atoms with Crippen LogP contribution in [-0.2, 0) is 14.3 Å². The zero-order chi connectivity index (χ0) is 9.56. The molecule has 1 N–H and O–H groups in total. The van der Waals surface area contributed by atoms with Gasteiger partial charge in [-0.05, 0) is 0 Å². The molecule has 1 atom stereocenters. The third kappa shape index (κ3) is 4.20. The summed E-state index contributed by atoms with van der Waals surface area (Å²) in [6, 6.07) is 0. The average molecular weight is 172 g/mol. The summed E-state index contributed by atoms with van der Waals surface area (Å²) in [5.41, 5.74) is 0. The lowest BCUT2D eigenvalue weighted by atomic mass is 10.0. The van der Waals surface area contributed by atoms with E-state index in [2.05, 4.69) is 11.8 Å². The summed E-state index contributed by atoms with van der Waals surface area (Å²) in [5, 5.41) is 8.43. The number of ketones is 2. The molecule has 0 saturated heterocycles. The molecule has 12 heavy (non-hydrogen) atoms. The Kier molecular flexibility index (Phi) is 5.49. The molecule has 0 aromatic rings. The number of ether oxygens (including phenoxy) is 1. The fraction of sp³-hybridized carbons (Fsp3) is 0.625. The first kappa shape index (κ1) is 11.3. The van der Waals surface area contributed by atoms with Gasteiger partial charge < -0.3 is 9.84 Å². The Morgan fingerprint density at radius 2 is 2.17 bits per heavy atom. The molecule has 0 aliphatic carbocycles. The van der Waals surface area contributed by atoms with Gasteiger partial charge in [0.25, 0.3) is 0 Å². The van der Waals surface area contributed by atoms with Gasteiger partial charge in [-0.15, -0.1) is 0 Å². The van der Waals surface area contributed by atoms with Crippen LogP contribution >= 0.6 is 0 Å². The maximum atomic E-state index is 10.8. The maximum Gasteiger partial charge on any atom is 0.161 e. The van der Waals surface area contributed by atoms with E-state index in [1.54, 1.807) is 6.92 Å². The summed E-state index contributed by atoms with van der Waals surface area (Å²) in [4.78, 5) is 21.6. The lowest BCUT2D eigenvalue weighted by Gasteiger charge is -2.06. The van der Waals surface area contributed by atoms with E-state index in [4.69, 9.17) is 5.11 Å². The van der Waals surface area contributed by atoms with Crippen LogP contribution in [-0.4, -0.2) is 29.9 Å². The number of carbonyl (C=O) groups is 2. The van der Waals surface area contributed by atoms with Gasteiger partial charge in [0.1, 0.15) is 20.3 Å². The molecule has 4 heteroatoms. The lowest BCUT2D eigenvalue weighted by Crippen LogP contribution is -2.20. The van der Waals surface area contributed by atoms with Crippen LogP contribution in [0.1, 0.15) is 13.3 Å². The third-order valence-corrected chi connectivity index (χ3v) is 1.48. The minimum absolute atomic E-state index is 0.0661. The Balaban J connectivity index is 3.75. The Morgan fingerprint density at radius 1 is 1.58 bits per heavy atom. The van der Waals surface area contributed by atoms with Crippen LogP contribution in [0.15, 0.2) is 0 Å². The van der Waals surface area contributed by atoms with Gasteiger partial charge in [0.15, 0.2) is 11.6 Å². The average Bonchev–Trinajstić information content (AvgIpc) is 2.03. The number of Topliss-reactive ketones (excluding diaryl/α,β-unsaturated/α-hetero) is 2. The van der Waals surface area contributed by atoms with Gasteiger partial charge in [0.2, 0.25) is 0 Å². The van der Waals surface area contributed by atoms with Crippen LogP contribution in [0.2, 0.25) is 0 Å². The van der Waals surface area contributed by atoms with Crippen LogP contribution in [0.5, 0.6) is 0 Å². The van der Waals surface area contributed by atoms with Crippen LogP contribution in [0.25, 0.3) is 0 Å². The van der Waals surface area contributed by atoms with Gasteiger partial charge in [-0.3, -0.25) is 9.59 Å². The quantitative estimate of drug-likeness (QED) is 0.604. The number of carbonyl (C=O) groups excluding carboxylic acids is 2. The highest BCUT2D eigenvalue weighted by atomic mass is 16.5. The molecule has 0 saturated carbocycles. The van der Waals surface area contributed by atoms with Crippen molar-refractivity contribution >= 4 is 11.6 Å². The summed E-state index contributed by atoms with van der Waals surface area (Å²) in [7, 11) is 4.66. The Labute approximate surface area is 71.5 Å². The van der Waals surface area contributed by atoms with Gasteiger partial charge >= 0.3 is 0 Å². The highest BCUT2D eigenvalue weighted by molar-refractivity contribution is 5.88. The normalized spacial score (nSPS) is 12.6.